The van der Waals surface area contributed by atoms with Gasteiger partial charge in [-0.25, -0.2) is 4.79 Å². The van der Waals surface area contributed by atoms with Crippen LogP contribution in [0.4, 0.5) is 10.5 Å². The van der Waals surface area contributed by atoms with E-state index in [1.165, 1.54) is 0 Å². The molecule has 0 spiro atoms. The molecule has 1 aromatic rings. The lowest BCUT2D eigenvalue weighted by atomic mass is 10.0. The van der Waals surface area contributed by atoms with E-state index in [1.54, 1.807) is 19.1 Å². The van der Waals surface area contributed by atoms with Crippen LogP contribution in [0.15, 0.2) is 30.3 Å². The summed E-state index contributed by atoms with van der Waals surface area (Å²) in [6.45, 7) is 1.25. The Kier molecular flexibility index (Phi) is 4.39. The molecule has 0 saturated carbocycles. The van der Waals surface area contributed by atoms with Gasteiger partial charge in [-0.2, -0.15) is 0 Å². The fraction of sp³-hybridized carbons (Fsp3) is 0.500. The first-order valence-electron chi connectivity index (χ1n) is 6.40. The number of methoxy groups -OCH3 is 2. The van der Waals surface area contributed by atoms with Crippen molar-refractivity contribution < 1.29 is 14.3 Å². The van der Waals surface area contributed by atoms with Crippen LogP contribution >= 0.6 is 0 Å². The van der Waals surface area contributed by atoms with Crippen molar-refractivity contribution >= 4 is 11.7 Å². The minimum Gasteiger partial charge on any atom is -0.353 e. The Morgan fingerprint density at radius 2 is 1.74 bits per heavy atom. The third-order valence-electron chi connectivity index (χ3n) is 3.58. The number of nitrogens with one attached hydrogen (secondary N) is 1. The van der Waals surface area contributed by atoms with Crippen molar-refractivity contribution in [3.8, 4) is 0 Å². The fourth-order valence-electron chi connectivity index (χ4n) is 2.27. The molecule has 1 N–H and O–H groups in total. The van der Waals surface area contributed by atoms with Gasteiger partial charge < -0.3 is 19.7 Å². The van der Waals surface area contributed by atoms with Gasteiger partial charge in [0.1, 0.15) is 0 Å². The minimum absolute atomic E-state index is 0.0768. The lowest BCUT2D eigenvalue weighted by Crippen LogP contribution is -2.49. The molecule has 0 radical (unpaired) electrons. The molecular weight excluding hydrogens is 244 g/mol. The van der Waals surface area contributed by atoms with Crippen LogP contribution in [-0.4, -0.2) is 44.0 Å². The van der Waals surface area contributed by atoms with Crippen LogP contribution in [0.5, 0.6) is 0 Å². The van der Waals surface area contributed by atoms with Gasteiger partial charge in [-0.05, 0) is 12.1 Å². The SMILES string of the molecule is COC1(OC)CCN(C(=O)Nc2ccccc2)CC1. The van der Waals surface area contributed by atoms with Gasteiger partial charge in [-0.3, -0.25) is 0 Å². The van der Waals surface area contributed by atoms with E-state index in [9.17, 15) is 4.79 Å². The van der Waals surface area contributed by atoms with Crippen LogP contribution in [0.3, 0.4) is 0 Å². The van der Waals surface area contributed by atoms with Crippen LogP contribution in [0.2, 0.25) is 0 Å². The van der Waals surface area contributed by atoms with Crippen molar-refractivity contribution in [1.29, 1.82) is 0 Å². The van der Waals surface area contributed by atoms with Gasteiger partial charge in [0, 0.05) is 45.8 Å². The molecule has 1 aliphatic heterocycles. The number of amides is 2. The quantitative estimate of drug-likeness (QED) is 0.852. The molecule has 5 heteroatoms. The van der Waals surface area contributed by atoms with Crippen molar-refractivity contribution in [1.82, 2.24) is 4.90 Å². The number of anilines is 1. The third-order valence-corrected chi connectivity index (χ3v) is 3.58. The van der Waals surface area contributed by atoms with E-state index >= 15 is 0 Å². The Morgan fingerprint density at radius 1 is 1.16 bits per heavy atom. The number of hydrogen-bond donors (Lipinski definition) is 1. The molecule has 2 amide bonds. The molecule has 0 aliphatic carbocycles. The highest BCUT2D eigenvalue weighted by molar-refractivity contribution is 5.89. The fourth-order valence-corrected chi connectivity index (χ4v) is 2.27. The first kappa shape index (κ1) is 13.8. The second-order valence-electron chi connectivity index (χ2n) is 4.60. The lowest BCUT2D eigenvalue weighted by molar-refractivity contribution is -0.226. The molecule has 2 rings (SSSR count). The summed E-state index contributed by atoms with van der Waals surface area (Å²) in [5.74, 6) is -0.538. The largest absolute Gasteiger partial charge is 0.353 e. The number of likely N-dealkylation sites (tertiary alicyclic amines) is 1. The molecule has 1 heterocycles. The molecular formula is C14H20N2O3. The highest BCUT2D eigenvalue weighted by Gasteiger charge is 2.35. The molecule has 104 valence electrons. The summed E-state index contributed by atoms with van der Waals surface area (Å²) < 4.78 is 10.8. The van der Waals surface area contributed by atoms with Crippen LogP contribution in [0, 0.1) is 0 Å². The summed E-state index contributed by atoms with van der Waals surface area (Å²) >= 11 is 0. The van der Waals surface area contributed by atoms with Crippen molar-refractivity contribution in [2.75, 3.05) is 32.6 Å². The zero-order chi connectivity index (χ0) is 13.7. The molecule has 0 aromatic heterocycles. The van der Waals surface area contributed by atoms with Gasteiger partial charge in [0.2, 0.25) is 0 Å². The Hall–Kier alpha value is -1.59. The average Bonchev–Trinajstić information content (AvgIpc) is 2.48. The van der Waals surface area contributed by atoms with Gasteiger partial charge in [0.25, 0.3) is 0 Å². The molecule has 1 aromatic carbocycles. The van der Waals surface area contributed by atoms with Crippen LogP contribution in [0.1, 0.15) is 12.8 Å². The number of piperidine rings is 1. The number of ether oxygens (including phenoxy) is 2. The number of para-hydroxylation sites is 1. The van der Waals surface area contributed by atoms with Crippen molar-refractivity contribution in [2.24, 2.45) is 0 Å². The summed E-state index contributed by atoms with van der Waals surface area (Å²) in [7, 11) is 3.28. The molecule has 1 aliphatic rings. The second kappa shape index (κ2) is 6.04. The monoisotopic (exact) mass is 264 g/mol. The maximum Gasteiger partial charge on any atom is 0.321 e. The Bertz CT molecular complexity index is 408. The predicted octanol–water partition coefficient (Wildman–Crippen LogP) is 2.30. The number of rotatable bonds is 3. The van der Waals surface area contributed by atoms with E-state index in [0.29, 0.717) is 25.9 Å². The molecule has 0 bridgehead atoms. The van der Waals surface area contributed by atoms with Crippen LogP contribution < -0.4 is 5.32 Å². The smallest absolute Gasteiger partial charge is 0.321 e. The van der Waals surface area contributed by atoms with E-state index in [4.69, 9.17) is 9.47 Å². The normalized spacial score (nSPS) is 18.1. The van der Waals surface area contributed by atoms with Gasteiger partial charge >= 0.3 is 6.03 Å². The third kappa shape index (κ3) is 3.24. The summed E-state index contributed by atoms with van der Waals surface area (Å²) in [4.78, 5) is 13.9. The number of urea groups is 1. The first-order chi connectivity index (χ1) is 9.19. The first-order valence-corrected chi connectivity index (χ1v) is 6.40. The maximum absolute atomic E-state index is 12.1. The van der Waals surface area contributed by atoms with Gasteiger partial charge in [-0.15, -0.1) is 0 Å². The molecule has 5 nitrogen and oxygen atoms in total. The zero-order valence-electron chi connectivity index (χ0n) is 11.4. The minimum atomic E-state index is -0.538. The maximum atomic E-state index is 12.1. The second-order valence-corrected chi connectivity index (χ2v) is 4.60. The predicted molar refractivity (Wildman–Crippen MR) is 73.0 cm³/mol. The summed E-state index contributed by atoms with van der Waals surface area (Å²) in [5.41, 5.74) is 0.808. The van der Waals surface area contributed by atoms with E-state index < -0.39 is 5.79 Å². The summed E-state index contributed by atoms with van der Waals surface area (Å²) in [6, 6.07) is 9.38. The standard InChI is InChI=1S/C14H20N2O3/c1-18-14(19-2)8-10-16(11-9-14)13(17)15-12-6-4-3-5-7-12/h3-7H,8-11H2,1-2H3,(H,15,17). The number of carbonyl (C=O) groups is 1. The van der Waals surface area contributed by atoms with E-state index in [0.717, 1.165) is 5.69 Å². The number of nitrogens with zero attached hydrogens (tertiary/aromatic N) is 1. The lowest BCUT2D eigenvalue weighted by Gasteiger charge is -2.39. The molecule has 0 atom stereocenters. The number of carbonyl (C=O) groups excluding carboxylic acids is 1. The van der Waals surface area contributed by atoms with Gasteiger partial charge in [0.15, 0.2) is 5.79 Å². The summed E-state index contributed by atoms with van der Waals surface area (Å²) in [6.07, 6.45) is 1.37. The Morgan fingerprint density at radius 3 is 2.26 bits per heavy atom. The van der Waals surface area contributed by atoms with E-state index in [-0.39, 0.29) is 6.03 Å². The van der Waals surface area contributed by atoms with Crippen molar-refractivity contribution in [3.05, 3.63) is 30.3 Å². The van der Waals surface area contributed by atoms with Gasteiger partial charge in [0.05, 0.1) is 0 Å². The molecule has 1 saturated heterocycles. The van der Waals surface area contributed by atoms with E-state index in [1.807, 2.05) is 30.3 Å². The Balaban J connectivity index is 1.89. The molecule has 0 unspecified atom stereocenters. The van der Waals surface area contributed by atoms with Gasteiger partial charge in [-0.1, -0.05) is 18.2 Å². The van der Waals surface area contributed by atoms with Crippen LogP contribution in [-0.2, 0) is 9.47 Å². The van der Waals surface area contributed by atoms with Crippen LogP contribution in [0.25, 0.3) is 0 Å². The van der Waals surface area contributed by atoms with Crippen molar-refractivity contribution in [2.45, 2.75) is 18.6 Å². The highest BCUT2D eigenvalue weighted by atomic mass is 16.7. The van der Waals surface area contributed by atoms with Crippen molar-refractivity contribution in [3.63, 3.8) is 0 Å². The summed E-state index contributed by atoms with van der Waals surface area (Å²) in [5, 5.41) is 2.88. The molecule has 1 fully saturated rings. The molecule has 19 heavy (non-hydrogen) atoms. The average molecular weight is 264 g/mol. The zero-order valence-corrected chi connectivity index (χ0v) is 11.4. The number of hydrogen-bond acceptors (Lipinski definition) is 3. The van der Waals surface area contributed by atoms with E-state index in [2.05, 4.69) is 5.32 Å². The highest BCUT2D eigenvalue weighted by Crippen LogP contribution is 2.26. The Labute approximate surface area is 113 Å². The number of benzene rings is 1. The topological polar surface area (TPSA) is 50.8 Å².